The minimum atomic E-state index is -1.01. The Kier molecular flexibility index (Phi) is 3.64. The van der Waals surface area contributed by atoms with Gasteiger partial charge >= 0.3 is 5.97 Å². The second-order valence-electron chi connectivity index (χ2n) is 5.65. The summed E-state index contributed by atoms with van der Waals surface area (Å²) in [5.41, 5.74) is 0.715. The van der Waals surface area contributed by atoms with Crippen LogP contribution in [0.2, 0.25) is 0 Å². The molecule has 1 aliphatic rings. The molecule has 2 aromatic rings. The van der Waals surface area contributed by atoms with Crippen LogP contribution in [-0.4, -0.2) is 34.0 Å². The van der Waals surface area contributed by atoms with Crippen molar-refractivity contribution in [2.75, 3.05) is 0 Å². The highest BCUT2D eigenvalue weighted by Gasteiger charge is 2.39. The highest BCUT2D eigenvalue weighted by Crippen LogP contribution is 2.36. The number of amides is 1. The third-order valence-corrected chi connectivity index (χ3v) is 5.30. The number of carboxylic acid groups (broad SMARTS) is 1. The van der Waals surface area contributed by atoms with E-state index >= 15 is 0 Å². The van der Waals surface area contributed by atoms with Crippen molar-refractivity contribution >= 4 is 33.3 Å². The molecule has 1 unspecified atom stereocenters. The number of thiophene rings is 1. The monoisotopic (exact) mass is 321 g/mol. The maximum absolute atomic E-state index is 13.4. The Hall–Kier alpha value is -1.95. The zero-order valence-corrected chi connectivity index (χ0v) is 13.1. The maximum Gasteiger partial charge on any atom is 0.326 e. The molecule has 1 aromatic heterocycles. The van der Waals surface area contributed by atoms with Crippen molar-refractivity contribution in [3.63, 3.8) is 0 Å². The van der Waals surface area contributed by atoms with Gasteiger partial charge in [0.05, 0.1) is 4.88 Å². The van der Waals surface area contributed by atoms with Gasteiger partial charge in [0, 0.05) is 10.7 Å². The minimum Gasteiger partial charge on any atom is -0.480 e. The Balaban J connectivity index is 2.03. The van der Waals surface area contributed by atoms with Crippen LogP contribution in [0.15, 0.2) is 18.2 Å². The van der Waals surface area contributed by atoms with Gasteiger partial charge in [0.1, 0.15) is 11.9 Å². The smallest absolute Gasteiger partial charge is 0.326 e. The molecule has 1 atom stereocenters. The predicted molar refractivity (Wildman–Crippen MR) is 82.8 cm³/mol. The highest BCUT2D eigenvalue weighted by atomic mass is 32.1. The van der Waals surface area contributed by atoms with E-state index in [1.807, 2.05) is 0 Å². The van der Waals surface area contributed by atoms with E-state index in [0.29, 0.717) is 15.8 Å². The van der Waals surface area contributed by atoms with Crippen LogP contribution in [0.25, 0.3) is 10.1 Å². The maximum atomic E-state index is 13.4. The lowest BCUT2D eigenvalue weighted by molar-refractivity contribution is -0.141. The number of rotatable bonds is 4. The van der Waals surface area contributed by atoms with E-state index in [9.17, 15) is 19.1 Å². The van der Waals surface area contributed by atoms with E-state index in [0.717, 1.165) is 17.5 Å². The summed E-state index contributed by atoms with van der Waals surface area (Å²) < 4.78 is 14.2. The molecule has 1 saturated carbocycles. The predicted octanol–water partition coefficient (Wildman–Crippen LogP) is 3.43. The minimum absolute atomic E-state index is 0.0000478. The Labute approximate surface area is 131 Å². The number of nitrogens with zero attached hydrogens (tertiary/aromatic N) is 1. The lowest BCUT2D eigenvalue weighted by Crippen LogP contribution is -2.44. The third-order valence-electron chi connectivity index (χ3n) is 4.04. The normalized spacial score (nSPS) is 15.8. The number of carbonyl (C=O) groups is 2. The Morgan fingerprint density at radius 2 is 2.09 bits per heavy atom. The van der Waals surface area contributed by atoms with E-state index in [2.05, 4.69) is 0 Å². The van der Waals surface area contributed by atoms with E-state index in [1.165, 1.54) is 35.3 Å². The van der Waals surface area contributed by atoms with Gasteiger partial charge in [-0.15, -0.1) is 11.3 Å². The largest absolute Gasteiger partial charge is 0.480 e. The van der Waals surface area contributed by atoms with Crippen molar-refractivity contribution in [1.29, 1.82) is 0 Å². The lowest BCUT2D eigenvalue weighted by Gasteiger charge is -2.26. The van der Waals surface area contributed by atoms with Crippen molar-refractivity contribution in [3.8, 4) is 0 Å². The number of aryl methyl sites for hydroxylation is 1. The second-order valence-corrected chi connectivity index (χ2v) is 6.71. The van der Waals surface area contributed by atoms with Gasteiger partial charge in [-0.2, -0.15) is 0 Å². The van der Waals surface area contributed by atoms with E-state index < -0.39 is 12.0 Å². The van der Waals surface area contributed by atoms with Crippen LogP contribution in [0.5, 0.6) is 0 Å². The molecule has 1 aromatic carbocycles. The van der Waals surface area contributed by atoms with Crippen LogP contribution < -0.4 is 0 Å². The van der Waals surface area contributed by atoms with Crippen molar-refractivity contribution in [2.24, 2.45) is 0 Å². The van der Waals surface area contributed by atoms with Crippen LogP contribution in [0.1, 0.15) is 35.0 Å². The number of halogens is 1. The summed E-state index contributed by atoms with van der Waals surface area (Å²) in [5, 5.41) is 9.95. The fourth-order valence-corrected chi connectivity index (χ4v) is 3.78. The van der Waals surface area contributed by atoms with Crippen LogP contribution in [0.3, 0.4) is 0 Å². The van der Waals surface area contributed by atoms with E-state index in [-0.39, 0.29) is 17.8 Å². The van der Waals surface area contributed by atoms with Gasteiger partial charge in [0.25, 0.3) is 5.91 Å². The first-order chi connectivity index (χ1) is 10.4. The van der Waals surface area contributed by atoms with Crippen molar-refractivity contribution in [2.45, 2.75) is 38.8 Å². The SMILES string of the molecule is Cc1c(C(=O)N(C2CC2)C(C)C(=O)O)sc2ccc(F)cc12. The number of fused-ring (bicyclic) bond motifs is 1. The van der Waals surface area contributed by atoms with Gasteiger partial charge in [-0.05, 0) is 55.8 Å². The van der Waals surface area contributed by atoms with Crippen LogP contribution in [0.4, 0.5) is 4.39 Å². The van der Waals surface area contributed by atoms with Crippen LogP contribution in [0, 0.1) is 12.7 Å². The van der Waals surface area contributed by atoms with E-state index in [4.69, 9.17) is 0 Å². The molecule has 1 aliphatic carbocycles. The number of carbonyl (C=O) groups excluding carboxylic acids is 1. The molecular weight excluding hydrogens is 305 g/mol. The first kappa shape index (κ1) is 15.0. The quantitative estimate of drug-likeness (QED) is 0.938. The summed E-state index contributed by atoms with van der Waals surface area (Å²) >= 11 is 1.29. The summed E-state index contributed by atoms with van der Waals surface area (Å²) in [7, 11) is 0. The number of hydrogen-bond donors (Lipinski definition) is 1. The van der Waals surface area contributed by atoms with E-state index in [1.54, 1.807) is 13.0 Å². The number of carboxylic acids is 1. The molecule has 0 radical (unpaired) electrons. The molecule has 0 saturated heterocycles. The second kappa shape index (κ2) is 5.35. The number of hydrogen-bond acceptors (Lipinski definition) is 3. The van der Waals surface area contributed by atoms with Crippen molar-refractivity contribution in [1.82, 2.24) is 4.90 Å². The molecular formula is C16H16FNO3S. The number of benzene rings is 1. The molecule has 1 fully saturated rings. The zero-order chi connectivity index (χ0) is 16.0. The third kappa shape index (κ3) is 2.47. The first-order valence-electron chi connectivity index (χ1n) is 7.14. The lowest BCUT2D eigenvalue weighted by atomic mass is 10.1. The fraction of sp³-hybridized carbons (Fsp3) is 0.375. The molecule has 22 heavy (non-hydrogen) atoms. The van der Waals surface area contributed by atoms with Gasteiger partial charge in [-0.1, -0.05) is 0 Å². The topological polar surface area (TPSA) is 57.6 Å². The summed E-state index contributed by atoms with van der Waals surface area (Å²) in [4.78, 5) is 26.1. The molecule has 3 rings (SSSR count). The summed E-state index contributed by atoms with van der Waals surface area (Å²) in [6.45, 7) is 3.31. The fourth-order valence-electron chi connectivity index (χ4n) is 2.64. The Morgan fingerprint density at radius 3 is 2.68 bits per heavy atom. The summed E-state index contributed by atoms with van der Waals surface area (Å²) in [5.74, 6) is -1.62. The molecule has 116 valence electrons. The molecule has 4 nitrogen and oxygen atoms in total. The first-order valence-corrected chi connectivity index (χ1v) is 7.96. The average Bonchev–Trinajstić information content (AvgIpc) is 3.24. The summed E-state index contributed by atoms with van der Waals surface area (Å²) in [6.07, 6.45) is 1.67. The Bertz CT molecular complexity index is 766. The van der Waals surface area contributed by atoms with Crippen molar-refractivity contribution in [3.05, 3.63) is 34.5 Å². The molecule has 1 heterocycles. The van der Waals surface area contributed by atoms with Gasteiger partial charge in [0.2, 0.25) is 0 Å². The number of aliphatic carboxylic acids is 1. The highest BCUT2D eigenvalue weighted by molar-refractivity contribution is 7.21. The van der Waals surface area contributed by atoms with Gasteiger partial charge in [-0.25, -0.2) is 9.18 Å². The average molecular weight is 321 g/mol. The Morgan fingerprint density at radius 1 is 1.41 bits per heavy atom. The molecule has 1 N–H and O–H groups in total. The zero-order valence-electron chi connectivity index (χ0n) is 12.3. The van der Waals surface area contributed by atoms with Crippen LogP contribution >= 0.6 is 11.3 Å². The molecule has 6 heteroatoms. The molecule has 0 spiro atoms. The van der Waals surface area contributed by atoms with Gasteiger partial charge in [0.15, 0.2) is 0 Å². The molecule has 0 bridgehead atoms. The van der Waals surface area contributed by atoms with Gasteiger partial charge in [-0.3, -0.25) is 4.79 Å². The standard InChI is InChI=1S/C16H16FNO3S/c1-8-12-7-10(17)3-6-13(12)22-14(8)15(19)18(11-4-5-11)9(2)16(20)21/h3,6-7,9,11H,4-5H2,1-2H3,(H,20,21). The van der Waals surface area contributed by atoms with Crippen LogP contribution in [-0.2, 0) is 4.79 Å². The molecule has 1 amide bonds. The van der Waals surface area contributed by atoms with Gasteiger partial charge < -0.3 is 10.0 Å². The molecule has 0 aliphatic heterocycles. The summed E-state index contributed by atoms with van der Waals surface area (Å²) in [6, 6.07) is 3.58. The van der Waals surface area contributed by atoms with Crippen molar-refractivity contribution < 1.29 is 19.1 Å².